The van der Waals surface area contributed by atoms with Crippen molar-refractivity contribution in [2.75, 3.05) is 26.2 Å². The second-order valence-electron chi connectivity index (χ2n) is 5.85. The molecule has 5 nitrogen and oxygen atoms in total. The van der Waals surface area contributed by atoms with Crippen LogP contribution in [0, 0.1) is 0 Å². The molecule has 3 N–H and O–H groups in total. The van der Waals surface area contributed by atoms with E-state index in [4.69, 9.17) is 10.5 Å². The maximum Gasteiger partial charge on any atom is 0.237 e. The van der Waals surface area contributed by atoms with Crippen LogP contribution in [-0.2, 0) is 9.53 Å². The third-order valence-electron chi connectivity index (χ3n) is 3.76. The number of carbonyl (C=O) groups is 1. The van der Waals surface area contributed by atoms with Gasteiger partial charge in [0.05, 0.1) is 17.7 Å². The van der Waals surface area contributed by atoms with Gasteiger partial charge < -0.3 is 15.8 Å². The van der Waals surface area contributed by atoms with E-state index < -0.39 is 5.54 Å². The third-order valence-corrected chi connectivity index (χ3v) is 3.76. The van der Waals surface area contributed by atoms with Gasteiger partial charge in [-0.1, -0.05) is 6.92 Å². The van der Waals surface area contributed by atoms with Crippen LogP contribution in [0.4, 0.5) is 0 Å². The Bertz CT molecular complexity index is 288. The van der Waals surface area contributed by atoms with Gasteiger partial charge in [-0.2, -0.15) is 0 Å². The zero-order valence-corrected chi connectivity index (χ0v) is 12.7. The average Bonchev–Trinajstić information content (AvgIpc) is 2.27. The van der Waals surface area contributed by atoms with Crippen LogP contribution in [0.3, 0.4) is 0 Å². The smallest absolute Gasteiger partial charge is 0.237 e. The largest absolute Gasteiger partial charge is 0.373 e. The molecule has 112 valence electrons. The summed E-state index contributed by atoms with van der Waals surface area (Å²) in [6, 6.07) is 0. The number of primary amides is 1. The molecule has 1 aliphatic rings. The van der Waals surface area contributed by atoms with Gasteiger partial charge in [-0.3, -0.25) is 9.69 Å². The van der Waals surface area contributed by atoms with Crippen LogP contribution in [0.5, 0.6) is 0 Å². The fraction of sp³-hybridized carbons (Fsp3) is 0.929. The van der Waals surface area contributed by atoms with Crippen molar-refractivity contribution in [1.82, 2.24) is 10.2 Å². The first-order valence-corrected chi connectivity index (χ1v) is 7.30. The second kappa shape index (κ2) is 7.22. The number of hydrogen-bond donors (Lipinski definition) is 2. The van der Waals surface area contributed by atoms with Gasteiger partial charge in [0.15, 0.2) is 0 Å². The van der Waals surface area contributed by atoms with E-state index in [1.165, 1.54) is 0 Å². The molecule has 1 rings (SSSR count). The molecule has 0 saturated carbocycles. The molecule has 0 spiro atoms. The fourth-order valence-corrected chi connectivity index (χ4v) is 2.81. The lowest BCUT2D eigenvalue weighted by atomic mass is 9.94. The van der Waals surface area contributed by atoms with Crippen LogP contribution in [-0.4, -0.2) is 54.7 Å². The predicted molar refractivity (Wildman–Crippen MR) is 77.0 cm³/mol. The second-order valence-corrected chi connectivity index (χ2v) is 5.85. The van der Waals surface area contributed by atoms with E-state index in [9.17, 15) is 4.79 Å². The Labute approximate surface area is 116 Å². The minimum absolute atomic E-state index is 0.266. The van der Waals surface area contributed by atoms with Crippen molar-refractivity contribution in [2.24, 2.45) is 5.73 Å². The summed E-state index contributed by atoms with van der Waals surface area (Å²) in [6.45, 7) is 11.8. The molecule has 0 aromatic heterocycles. The maximum atomic E-state index is 11.5. The first-order chi connectivity index (χ1) is 8.87. The highest BCUT2D eigenvalue weighted by molar-refractivity contribution is 5.84. The molecule has 1 saturated heterocycles. The quantitative estimate of drug-likeness (QED) is 0.716. The summed E-state index contributed by atoms with van der Waals surface area (Å²) in [4.78, 5) is 13.9. The summed E-state index contributed by atoms with van der Waals surface area (Å²) in [5, 5.41) is 3.20. The molecule has 3 atom stereocenters. The van der Waals surface area contributed by atoms with Crippen LogP contribution < -0.4 is 11.1 Å². The molecular formula is C14H29N3O2. The van der Waals surface area contributed by atoms with E-state index in [2.05, 4.69) is 24.1 Å². The highest BCUT2D eigenvalue weighted by Crippen LogP contribution is 2.15. The number of nitrogens with zero attached hydrogens (tertiary/aromatic N) is 1. The Hall–Kier alpha value is -0.650. The Morgan fingerprint density at radius 3 is 2.47 bits per heavy atom. The molecule has 1 aliphatic heterocycles. The first-order valence-electron chi connectivity index (χ1n) is 7.30. The molecule has 1 amide bonds. The zero-order valence-electron chi connectivity index (χ0n) is 12.7. The van der Waals surface area contributed by atoms with Crippen molar-refractivity contribution in [3.05, 3.63) is 0 Å². The molecule has 0 aromatic carbocycles. The van der Waals surface area contributed by atoms with Crippen molar-refractivity contribution in [3.63, 3.8) is 0 Å². The minimum Gasteiger partial charge on any atom is -0.373 e. The summed E-state index contributed by atoms with van der Waals surface area (Å²) >= 11 is 0. The molecule has 1 heterocycles. The molecule has 1 fully saturated rings. The van der Waals surface area contributed by atoms with Crippen molar-refractivity contribution in [3.8, 4) is 0 Å². The van der Waals surface area contributed by atoms with Gasteiger partial charge in [0.25, 0.3) is 0 Å². The van der Waals surface area contributed by atoms with Crippen LogP contribution in [0.1, 0.15) is 40.5 Å². The van der Waals surface area contributed by atoms with Crippen molar-refractivity contribution in [1.29, 1.82) is 0 Å². The fourth-order valence-electron chi connectivity index (χ4n) is 2.81. The van der Waals surface area contributed by atoms with E-state index in [1.54, 1.807) is 0 Å². The number of hydrogen-bond acceptors (Lipinski definition) is 4. The number of likely N-dealkylation sites (N-methyl/N-ethyl adjacent to an activating group) is 1. The standard InChI is InChI=1S/C14H29N3O2/c1-5-16-14(4,13(15)18)7-6-8-17-9-11(2)19-12(3)10-17/h11-12,16H,5-10H2,1-4H3,(H2,15,18). The van der Waals surface area contributed by atoms with Gasteiger partial charge in [-0.25, -0.2) is 0 Å². The van der Waals surface area contributed by atoms with Crippen LogP contribution in [0.2, 0.25) is 0 Å². The molecule has 0 aromatic rings. The maximum absolute atomic E-state index is 11.5. The number of carbonyl (C=O) groups excluding carboxylic acids is 1. The molecule has 0 bridgehead atoms. The topological polar surface area (TPSA) is 67.6 Å². The highest BCUT2D eigenvalue weighted by atomic mass is 16.5. The van der Waals surface area contributed by atoms with Crippen LogP contribution in [0.25, 0.3) is 0 Å². The van der Waals surface area contributed by atoms with E-state index in [1.807, 2.05) is 13.8 Å². The Morgan fingerprint density at radius 2 is 2.00 bits per heavy atom. The molecule has 3 unspecified atom stereocenters. The monoisotopic (exact) mass is 271 g/mol. The Morgan fingerprint density at radius 1 is 1.42 bits per heavy atom. The number of morpholine rings is 1. The zero-order chi connectivity index (χ0) is 14.5. The summed E-state index contributed by atoms with van der Waals surface area (Å²) in [7, 11) is 0. The third kappa shape index (κ3) is 5.09. The lowest BCUT2D eigenvalue weighted by Crippen LogP contribution is -2.53. The number of nitrogens with two attached hydrogens (primary N) is 1. The van der Waals surface area contributed by atoms with E-state index in [0.29, 0.717) is 12.2 Å². The lowest BCUT2D eigenvalue weighted by molar-refractivity contribution is -0.124. The van der Waals surface area contributed by atoms with Gasteiger partial charge in [0, 0.05) is 13.1 Å². The van der Waals surface area contributed by atoms with E-state index >= 15 is 0 Å². The molecule has 0 aliphatic carbocycles. The molecule has 5 heteroatoms. The highest BCUT2D eigenvalue weighted by Gasteiger charge is 2.30. The molecular weight excluding hydrogens is 242 g/mol. The number of ether oxygens (including phenoxy) is 1. The SMILES string of the molecule is CCNC(C)(CCCN1CC(C)OC(C)C1)C(N)=O. The van der Waals surface area contributed by atoms with Gasteiger partial charge in [-0.05, 0) is 46.7 Å². The molecule has 0 radical (unpaired) electrons. The Kier molecular flexibility index (Phi) is 6.23. The van der Waals surface area contributed by atoms with Gasteiger partial charge in [0.1, 0.15) is 0 Å². The normalized spacial score (nSPS) is 28.0. The first kappa shape index (κ1) is 16.4. The van der Waals surface area contributed by atoms with Crippen LogP contribution in [0.15, 0.2) is 0 Å². The summed E-state index contributed by atoms with van der Waals surface area (Å²) in [5.41, 5.74) is 4.90. The minimum atomic E-state index is -0.585. The van der Waals surface area contributed by atoms with Gasteiger partial charge >= 0.3 is 0 Å². The number of amides is 1. The van der Waals surface area contributed by atoms with Crippen molar-refractivity contribution >= 4 is 5.91 Å². The van der Waals surface area contributed by atoms with Crippen molar-refractivity contribution in [2.45, 2.75) is 58.3 Å². The van der Waals surface area contributed by atoms with Gasteiger partial charge in [0.2, 0.25) is 5.91 Å². The van der Waals surface area contributed by atoms with Crippen molar-refractivity contribution < 1.29 is 9.53 Å². The molecule has 19 heavy (non-hydrogen) atoms. The van der Waals surface area contributed by atoms with Crippen LogP contribution >= 0.6 is 0 Å². The lowest BCUT2D eigenvalue weighted by Gasteiger charge is -2.36. The summed E-state index contributed by atoms with van der Waals surface area (Å²) in [6.07, 6.45) is 2.32. The Balaban J connectivity index is 2.37. The van der Waals surface area contributed by atoms with E-state index in [0.717, 1.165) is 39.0 Å². The van der Waals surface area contributed by atoms with Gasteiger partial charge in [-0.15, -0.1) is 0 Å². The summed E-state index contributed by atoms with van der Waals surface area (Å²) < 4.78 is 5.71. The predicted octanol–water partition coefficient (Wildman–Crippen LogP) is 0.729. The number of nitrogens with one attached hydrogen (secondary N) is 1. The number of rotatable bonds is 7. The average molecular weight is 271 g/mol. The van der Waals surface area contributed by atoms with E-state index in [-0.39, 0.29) is 5.91 Å². The summed E-state index contributed by atoms with van der Waals surface area (Å²) in [5.74, 6) is -0.266.